The van der Waals surface area contributed by atoms with E-state index in [4.69, 9.17) is 4.74 Å². The molecule has 0 amide bonds. The molecule has 0 bridgehead atoms. The Labute approximate surface area is 117 Å². The minimum absolute atomic E-state index is 0.109. The second-order valence-electron chi connectivity index (χ2n) is 4.85. The molecule has 2 aromatic rings. The molecule has 0 atom stereocenters. The van der Waals surface area contributed by atoms with Crippen LogP contribution in [0.5, 0.6) is 5.75 Å². The molecule has 1 aromatic heterocycles. The number of pyridine rings is 1. The van der Waals surface area contributed by atoms with Gasteiger partial charge in [-0.25, -0.2) is 0 Å². The normalized spacial score (nSPS) is 14.4. The molecule has 0 unspecified atom stereocenters. The monoisotopic (exact) mass is 265 g/mol. The third-order valence-corrected chi connectivity index (χ3v) is 3.14. The van der Waals surface area contributed by atoms with E-state index in [-0.39, 0.29) is 11.9 Å². The number of benzene rings is 1. The molecule has 100 valence electrons. The topological polar surface area (TPSA) is 39.2 Å². The minimum Gasteiger partial charge on any atom is -0.426 e. The number of carbonyl (C=O) groups excluding carboxylic acids is 1. The maximum atomic E-state index is 11.5. The molecule has 1 aliphatic rings. The maximum Gasteiger partial charge on any atom is 0.314 e. The summed E-state index contributed by atoms with van der Waals surface area (Å²) in [5.41, 5.74) is 1.96. The van der Waals surface area contributed by atoms with Crippen molar-refractivity contribution >= 4 is 18.1 Å². The smallest absolute Gasteiger partial charge is 0.314 e. The molecule has 3 nitrogen and oxygen atoms in total. The van der Waals surface area contributed by atoms with Gasteiger partial charge in [0.2, 0.25) is 0 Å². The predicted molar refractivity (Wildman–Crippen MR) is 78.0 cm³/mol. The summed E-state index contributed by atoms with van der Waals surface area (Å²) in [4.78, 5) is 15.7. The summed E-state index contributed by atoms with van der Waals surface area (Å²) in [6.45, 7) is 0. The van der Waals surface area contributed by atoms with Crippen LogP contribution in [0.1, 0.15) is 24.1 Å². The van der Waals surface area contributed by atoms with E-state index >= 15 is 0 Å². The average Bonchev–Trinajstić information content (AvgIpc) is 3.32. The van der Waals surface area contributed by atoms with Gasteiger partial charge in [-0.2, -0.15) is 0 Å². The summed E-state index contributed by atoms with van der Waals surface area (Å²) in [7, 11) is 0. The van der Waals surface area contributed by atoms with Crippen LogP contribution in [0.15, 0.2) is 48.7 Å². The van der Waals surface area contributed by atoms with Crippen molar-refractivity contribution in [1.29, 1.82) is 0 Å². The van der Waals surface area contributed by atoms with Crippen molar-refractivity contribution in [3.63, 3.8) is 0 Å². The van der Waals surface area contributed by atoms with Crippen LogP contribution in [0, 0.1) is 5.92 Å². The van der Waals surface area contributed by atoms with Gasteiger partial charge in [0.25, 0.3) is 0 Å². The maximum absolute atomic E-state index is 11.5. The highest BCUT2D eigenvalue weighted by Crippen LogP contribution is 2.30. The van der Waals surface area contributed by atoms with Gasteiger partial charge in [0.15, 0.2) is 0 Å². The van der Waals surface area contributed by atoms with Crippen LogP contribution in [0.25, 0.3) is 12.2 Å². The Hall–Kier alpha value is -2.42. The third kappa shape index (κ3) is 3.32. The first-order valence-electron chi connectivity index (χ1n) is 6.72. The van der Waals surface area contributed by atoms with Gasteiger partial charge < -0.3 is 4.74 Å². The Balaban J connectivity index is 1.63. The Morgan fingerprint density at radius 1 is 1.10 bits per heavy atom. The lowest BCUT2D eigenvalue weighted by Crippen LogP contribution is -2.09. The number of aromatic nitrogens is 1. The zero-order valence-electron chi connectivity index (χ0n) is 11.0. The number of ether oxygens (including phenoxy) is 1. The molecular formula is C17H15NO2. The predicted octanol–water partition coefficient (Wildman–Crippen LogP) is 3.57. The fourth-order valence-corrected chi connectivity index (χ4v) is 1.82. The molecule has 1 saturated carbocycles. The van der Waals surface area contributed by atoms with Gasteiger partial charge in [-0.3, -0.25) is 9.78 Å². The lowest BCUT2D eigenvalue weighted by molar-refractivity contribution is -0.135. The van der Waals surface area contributed by atoms with Crippen LogP contribution < -0.4 is 4.74 Å². The van der Waals surface area contributed by atoms with Crippen LogP contribution in [-0.2, 0) is 4.79 Å². The van der Waals surface area contributed by atoms with Gasteiger partial charge in [-0.15, -0.1) is 0 Å². The Bertz CT molecular complexity index is 613. The highest BCUT2D eigenvalue weighted by atomic mass is 16.5. The number of hydrogen-bond donors (Lipinski definition) is 0. The Kier molecular flexibility index (Phi) is 3.59. The largest absolute Gasteiger partial charge is 0.426 e. The van der Waals surface area contributed by atoms with E-state index in [9.17, 15) is 4.79 Å². The molecular weight excluding hydrogens is 250 g/mol. The van der Waals surface area contributed by atoms with Crippen LogP contribution in [0.3, 0.4) is 0 Å². The van der Waals surface area contributed by atoms with Gasteiger partial charge in [0.05, 0.1) is 11.6 Å². The summed E-state index contributed by atoms with van der Waals surface area (Å²) >= 11 is 0. The van der Waals surface area contributed by atoms with Crippen LogP contribution in [0.4, 0.5) is 0 Å². The fourth-order valence-electron chi connectivity index (χ4n) is 1.82. The molecule has 1 heterocycles. The van der Waals surface area contributed by atoms with Gasteiger partial charge >= 0.3 is 5.97 Å². The summed E-state index contributed by atoms with van der Waals surface area (Å²) < 4.78 is 5.28. The van der Waals surface area contributed by atoms with E-state index in [1.165, 1.54) is 0 Å². The summed E-state index contributed by atoms with van der Waals surface area (Å²) in [5, 5.41) is 0. The molecule has 1 fully saturated rings. The number of hydrogen-bond acceptors (Lipinski definition) is 3. The quantitative estimate of drug-likeness (QED) is 0.626. The lowest BCUT2D eigenvalue weighted by Gasteiger charge is -2.03. The van der Waals surface area contributed by atoms with Crippen molar-refractivity contribution in [3.8, 4) is 5.75 Å². The van der Waals surface area contributed by atoms with Gasteiger partial charge in [0.1, 0.15) is 5.75 Å². The fraction of sp³-hybridized carbons (Fsp3) is 0.176. The number of esters is 1. The van der Waals surface area contributed by atoms with Gasteiger partial charge in [-0.1, -0.05) is 24.3 Å². The lowest BCUT2D eigenvalue weighted by atomic mass is 10.2. The molecule has 0 spiro atoms. The molecule has 0 N–H and O–H groups in total. The molecule has 0 aliphatic heterocycles. The van der Waals surface area contributed by atoms with Crippen molar-refractivity contribution in [2.75, 3.05) is 0 Å². The van der Waals surface area contributed by atoms with E-state index < -0.39 is 0 Å². The SMILES string of the molecule is O=C(Oc1ccc(/C=C/c2ccccn2)cc1)C1CC1. The number of rotatable bonds is 4. The first-order chi connectivity index (χ1) is 9.81. The van der Waals surface area contributed by atoms with Gasteiger partial charge in [0, 0.05) is 6.20 Å². The van der Waals surface area contributed by atoms with Crippen LogP contribution in [0.2, 0.25) is 0 Å². The summed E-state index contributed by atoms with van der Waals surface area (Å²) in [5.74, 6) is 0.623. The molecule has 1 aliphatic carbocycles. The second kappa shape index (κ2) is 5.70. The molecule has 0 radical (unpaired) electrons. The molecule has 1 aromatic carbocycles. The van der Waals surface area contributed by atoms with Gasteiger partial charge in [-0.05, 0) is 48.7 Å². The van der Waals surface area contributed by atoms with Crippen molar-refractivity contribution in [2.45, 2.75) is 12.8 Å². The molecule has 20 heavy (non-hydrogen) atoms. The van der Waals surface area contributed by atoms with E-state index in [2.05, 4.69) is 4.98 Å². The standard InChI is InChI=1S/C17H15NO2/c19-17(14-7-8-14)20-16-10-5-13(6-11-16)4-9-15-3-1-2-12-18-15/h1-6,9-12,14H,7-8H2/b9-4+. The zero-order chi connectivity index (χ0) is 13.8. The highest BCUT2D eigenvalue weighted by Gasteiger charge is 2.31. The Morgan fingerprint density at radius 3 is 2.55 bits per heavy atom. The van der Waals surface area contributed by atoms with Crippen LogP contribution in [-0.4, -0.2) is 11.0 Å². The average molecular weight is 265 g/mol. The zero-order valence-corrected chi connectivity index (χ0v) is 11.0. The van der Waals surface area contributed by atoms with Crippen molar-refractivity contribution in [3.05, 3.63) is 59.9 Å². The minimum atomic E-state index is -0.109. The first kappa shape index (κ1) is 12.6. The highest BCUT2D eigenvalue weighted by molar-refractivity contribution is 5.77. The molecule has 3 heteroatoms. The Morgan fingerprint density at radius 2 is 1.90 bits per heavy atom. The van der Waals surface area contributed by atoms with Crippen molar-refractivity contribution in [2.24, 2.45) is 5.92 Å². The number of carbonyl (C=O) groups is 1. The van der Waals surface area contributed by atoms with E-state index in [0.717, 1.165) is 24.1 Å². The number of nitrogens with zero attached hydrogens (tertiary/aromatic N) is 1. The van der Waals surface area contributed by atoms with Crippen molar-refractivity contribution in [1.82, 2.24) is 4.98 Å². The summed E-state index contributed by atoms with van der Waals surface area (Å²) in [6, 6.07) is 13.3. The van der Waals surface area contributed by atoms with E-state index in [1.54, 1.807) is 6.20 Å². The van der Waals surface area contributed by atoms with E-state index in [0.29, 0.717) is 5.75 Å². The first-order valence-corrected chi connectivity index (χ1v) is 6.72. The van der Waals surface area contributed by atoms with E-state index in [1.807, 2.05) is 54.6 Å². The van der Waals surface area contributed by atoms with Crippen molar-refractivity contribution < 1.29 is 9.53 Å². The van der Waals surface area contributed by atoms with Crippen LogP contribution >= 0.6 is 0 Å². The molecule has 3 rings (SSSR count). The summed E-state index contributed by atoms with van der Waals surface area (Å²) in [6.07, 6.45) is 7.62. The third-order valence-electron chi connectivity index (χ3n) is 3.14. The molecule has 0 saturated heterocycles. The second-order valence-corrected chi connectivity index (χ2v) is 4.85.